The molecule has 8 heteroatoms. The van der Waals surface area contributed by atoms with E-state index in [0.717, 1.165) is 5.01 Å². The Morgan fingerprint density at radius 3 is 2.43 bits per heavy atom. The second kappa shape index (κ2) is 7.47. The Morgan fingerprint density at radius 2 is 1.87 bits per heavy atom. The maximum Gasteiger partial charge on any atom is 0.321 e. The Balaban J connectivity index is 1.91. The number of urea groups is 1. The van der Waals surface area contributed by atoms with E-state index in [1.165, 1.54) is 35.6 Å². The number of rotatable bonds is 5. The highest BCUT2D eigenvalue weighted by atomic mass is 32.1. The molecule has 23 heavy (non-hydrogen) atoms. The zero-order valence-corrected chi connectivity index (χ0v) is 13.9. The van der Waals surface area contributed by atoms with Gasteiger partial charge in [-0.15, -0.1) is 10.2 Å². The van der Waals surface area contributed by atoms with Crippen LogP contribution in [0.5, 0.6) is 0 Å². The molecule has 0 aliphatic carbocycles. The molecule has 0 bridgehead atoms. The predicted octanol–water partition coefficient (Wildman–Crippen LogP) is 3.04. The fourth-order valence-electron chi connectivity index (χ4n) is 1.89. The molecule has 1 aromatic heterocycles. The summed E-state index contributed by atoms with van der Waals surface area (Å²) in [5.74, 6) is -0.137. The SMILES string of the molecule is CC(C)c1nnc(NC(=O)N[C@@H](C)[C@@H](O)c2ccc(F)cc2)s1. The lowest BCUT2D eigenvalue weighted by Crippen LogP contribution is -2.39. The minimum absolute atomic E-state index is 0.241. The van der Waals surface area contributed by atoms with Crippen molar-refractivity contribution in [1.82, 2.24) is 15.5 Å². The number of nitrogens with one attached hydrogen (secondary N) is 2. The van der Waals surface area contributed by atoms with Gasteiger partial charge in [0.25, 0.3) is 0 Å². The topological polar surface area (TPSA) is 87.1 Å². The average molecular weight is 338 g/mol. The highest BCUT2D eigenvalue weighted by Crippen LogP contribution is 2.22. The lowest BCUT2D eigenvalue weighted by Gasteiger charge is -2.20. The van der Waals surface area contributed by atoms with Crippen molar-refractivity contribution in [3.63, 3.8) is 0 Å². The molecule has 0 fully saturated rings. The number of nitrogens with zero attached hydrogens (tertiary/aromatic N) is 2. The average Bonchev–Trinajstić information content (AvgIpc) is 2.95. The van der Waals surface area contributed by atoms with E-state index < -0.39 is 18.2 Å². The van der Waals surface area contributed by atoms with Gasteiger partial charge in [0, 0.05) is 5.92 Å². The molecule has 2 aromatic rings. The largest absolute Gasteiger partial charge is 0.386 e. The van der Waals surface area contributed by atoms with E-state index in [-0.39, 0.29) is 11.7 Å². The van der Waals surface area contributed by atoms with Crippen molar-refractivity contribution in [2.75, 3.05) is 5.32 Å². The number of carbonyl (C=O) groups is 1. The van der Waals surface area contributed by atoms with Crippen LogP contribution in [-0.2, 0) is 0 Å². The van der Waals surface area contributed by atoms with Crippen molar-refractivity contribution < 1.29 is 14.3 Å². The molecule has 2 amide bonds. The molecule has 0 saturated heterocycles. The van der Waals surface area contributed by atoms with Crippen LogP contribution in [0.25, 0.3) is 0 Å². The van der Waals surface area contributed by atoms with Gasteiger partial charge in [0.05, 0.1) is 12.1 Å². The van der Waals surface area contributed by atoms with Crippen LogP contribution in [0, 0.1) is 5.82 Å². The molecule has 2 atom stereocenters. The molecule has 0 aliphatic rings. The van der Waals surface area contributed by atoms with E-state index in [9.17, 15) is 14.3 Å². The standard InChI is InChI=1S/C15H19FN4O2S/c1-8(2)13-19-20-15(23-13)18-14(22)17-9(3)12(21)10-4-6-11(16)7-5-10/h4-9,12,21H,1-3H3,(H2,17,18,20,22)/t9-,12+/m0/s1. The van der Waals surface area contributed by atoms with Crippen molar-refractivity contribution >= 4 is 22.5 Å². The summed E-state index contributed by atoms with van der Waals surface area (Å²) in [6.45, 7) is 5.64. The highest BCUT2D eigenvalue weighted by Gasteiger charge is 2.19. The van der Waals surface area contributed by atoms with Crippen LogP contribution in [0.2, 0.25) is 0 Å². The molecule has 3 N–H and O–H groups in total. The summed E-state index contributed by atoms with van der Waals surface area (Å²) in [7, 11) is 0. The molecule has 0 unspecified atom stereocenters. The minimum atomic E-state index is -0.943. The number of anilines is 1. The summed E-state index contributed by atoms with van der Waals surface area (Å²) in [4.78, 5) is 11.9. The lowest BCUT2D eigenvalue weighted by molar-refractivity contribution is 0.139. The Bertz CT molecular complexity index is 660. The summed E-state index contributed by atoms with van der Waals surface area (Å²) in [6.07, 6.45) is -0.943. The van der Waals surface area contributed by atoms with Gasteiger partial charge in [-0.05, 0) is 24.6 Å². The van der Waals surface area contributed by atoms with Gasteiger partial charge in [-0.1, -0.05) is 37.3 Å². The van der Waals surface area contributed by atoms with Crippen LogP contribution in [0.1, 0.15) is 43.4 Å². The molecule has 0 radical (unpaired) electrons. The number of benzene rings is 1. The minimum Gasteiger partial charge on any atom is -0.386 e. The highest BCUT2D eigenvalue weighted by molar-refractivity contribution is 7.15. The van der Waals surface area contributed by atoms with Crippen LogP contribution >= 0.6 is 11.3 Å². The van der Waals surface area contributed by atoms with Gasteiger partial charge in [-0.25, -0.2) is 9.18 Å². The number of hydrogen-bond acceptors (Lipinski definition) is 5. The quantitative estimate of drug-likeness (QED) is 0.782. The van der Waals surface area contributed by atoms with Crippen molar-refractivity contribution in [3.05, 3.63) is 40.7 Å². The molecule has 6 nitrogen and oxygen atoms in total. The van der Waals surface area contributed by atoms with E-state index in [4.69, 9.17) is 0 Å². The van der Waals surface area contributed by atoms with Crippen molar-refractivity contribution in [3.8, 4) is 0 Å². The van der Waals surface area contributed by atoms with Crippen LogP contribution < -0.4 is 10.6 Å². The van der Waals surface area contributed by atoms with E-state index >= 15 is 0 Å². The molecule has 0 spiro atoms. The third kappa shape index (κ3) is 4.70. The molecule has 2 rings (SSSR count). The molecule has 1 heterocycles. The predicted molar refractivity (Wildman–Crippen MR) is 87.0 cm³/mol. The van der Waals surface area contributed by atoms with Crippen LogP contribution in [0.3, 0.4) is 0 Å². The first-order valence-electron chi connectivity index (χ1n) is 7.21. The zero-order chi connectivity index (χ0) is 17.0. The monoisotopic (exact) mass is 338 g/mol. The van der Waals surface area contributed by atoms with Gasteiger partial charge in [0.2, 0.25) is 5.13 Å². The molecular formula is C15H19FN4O2S. The van der Waals surface area contributed by atoms with Crippen LogP contribution in [0.4, 0.5) is 14.3 Å². The maximum atomic E-state index is 12.9. The Hall–Kier alpha value is -2.06. The van der Waals surface area contributed by atoms with Gasteiger partial charge in [0.1, 0.15) is 10.8 Å². The van der Waals surface area contributed by atoms with Crippen molar-refractivity contribution in [2.45, 2.75) is 38.8 Å². The van der Waals surface area contributed by atoms with E-state index in [1.807, 2.05) is 13.8 Å². The first-order valence-corrected chi connectivity index (χ1v) is 8.03. The second-order valence-corrected chi connectivity index (χ2v) is 6.49. The second-order valence-electron chi connectivity index (χ2n) is 5.48. The lowest BCUT2D eigenvalue weighted by atomic mass is 10.0. The third-order valence-electron chi connectivity index (χ3n) is 3.20. The maximum absolute atomic E-state index is 12.9. The number of aliphatic hydroxyl groups excluding tert-OH is 1. The van der Waals surface area contributed by atoms with Crippen LogP contribution in [0.15, 0.2) is 24.3 Å². The van der Waals surface area contributed by atoms with E-state index in [0.29, 0.717) is 10.7 Å². The summed E-state index contributed by atoms with van der Waals surface area (Å²) in [5.41, 5.74) is 0.525. The van der Waals surface area contributed by atoms with Gasteiger partial charge in [-0.2, -0.15) is 0 Å². The smallest absolute Gasteiger partial charge is 0.321 e. The molecule has 0 saturated carbocycles. The molecule has 124 valence electrons. The Labute approximate surface area is 137 Å². The Kier molecular flexibility index (Phi) is 5.62. The summed E-state index contributed by atoms with van der Waals surface area (Å²) in [6, 6.07) is 4.45. The number of halogens is 1. The van der Waals surface area contributed by atoms with Gasteiger partial charge < -0.3 is 10.4 Å². The Morgan fingerprint density at radius 1 is 1.22 bits per heavy atom. The summed E-state index contributed by atoms with van der Waals surface area (Å²) < 4.78 is 12.9. The number of hydrogen-bond donors (Lipinski definition) is 3. The molecular weight excluding hydrogens is 319 g/mol. The van der Waals surface area contributed by atoms with Gasteiger partial charge in [-0.3, -0.25) is 5.32 Å². The van der Waals surface area contributed by atoms with E-state index in [2.05, 4.69) is 20.8 Å². The summed E-state index contributed by atoms with van der Waals surface area (Å²) >= 11 is 1.30. The van der Waals surface area contributed by atoms with Crippen molar-refractivity contribution in [2.24, 2.45) is 0 Å². The molecule has 1 aromatic carbocycles. The zero-order valence-electron chi connectivity index (χ0n) is 13.1. The third-order valence-corrected chi connectivity index (χ3v) is 4.34. The van der Waals surface area contributed by atoms with Gasteiger partial charge in [0.15, 0.2) is 0 Å². The number of carbonyl (C=O) groups excluding carboxylic acids is 1. The number of amides is 2. The van der Waals surface area contributed by atoms with Gasteiger partial charge >= 0.3 is 6.03 Å². The van der Waals surface area contributed by atoms with Crippen molar-refractivity contribution in [1.29, 1.82) is 0 Å². The first kappa shape index (κ1) is 17.3. The fraction of sp³-hybridized carbons (Fsp3) is 0.400. The normalized spacial score (nSPS) is 13.7. The number of aromatic nitrogens is 2. The first-order chi connectivity index (χ1) is 10.9. The van der Waals surface area contributed by atoms with E-state index in [1.54, 1.807) is 6.92 Å². The van der Waals surface area contributed by atoms with Crippen LogP contribution in [-0.4, -0.2) is 27.4 Å². The molecule has 0 aliphatic heterocycles. The summed E-state index contributed by atoms with van der Waals surface area (Å²) in [5, 5.41) is 24.5. The fourth-order valence-corrected chi connectivity index (χ4v) is 2.63. The number of aliphatic hydroxyl groups is 1.